The summed E-state index contributed by atoms with van der Waals surface area (Å²) in [4.78, 5) is 52.4. The number of amides is 2. The molecular weight excluding hydrogens is 468 g/mol. The predicted octanol–water partition coefficient (Wildman–Crippen LogP) is 1.67. The Morgan fingerprint density at radius 2 is 2.00 bits per heavy atom. The highest BCUT2D eigenvalue weighted by Gasteiger charge is 2.31. The van der Waals surface area contributed by atoms with Crippen molar-refractivity contribution >= 4 is 45.3 Å². The van der Waals surface area contributed by atoms with Gasteiger partial charge < -0.3 is 10.6 Å². The molecule has 1 fully saturated rings. The first-order chi connectivity index (χ1) is 17.0. The molecule has 2 amide bonds. The van der Waals surface area contributed by atoms with Gasteiger partial charge in [-0.2, -0.15) is 0 Å². The fourth-order valence-corrected chi connectivity index (χ4v) is 4.70. The second-order valence-electron chi connectivity index (χ2n) is 7.83. The van der Waals surface area contributed by atoms with E-state index in [9.17, 15) is 14.4 Å². The molecule has 12 heteroatoms. The number of imidazole rings is 1. The normalized spacial score (nSPS) is 15.1. The number of nitrogens with zero attached hydrogens (tertiary/aromatic N) is 6. The number of nitrogen functional groups attached to an aromatic ring is 1. The molecule has 0 saturated carbocycles. The third-order valence-corrected chi connectivity index (χ3v) is 6.46. The molecule has 3 N–H and O–H groups in total. The van der Waals surface area contributed by atoms with E-state index in [1.54, 1.807) is 52.2 Å². The van der Waals surface area contributed by atoms with Crippen molar-refractivity contribution < 1.29 is 9.59 Å². The van der Waals surface area contributed by atoms with E-state index in [1.165, 1.54) is 22.2 Å². The average Bonchev–Trinajstić information content (AvgIpc) is 3.59. The Morgan fingerprint density at radius 1 is 1.20 bits per heavy atom. The zero-order valence-corrected chi connectivity index (χ0v) is 19.5. The molecule has 1 atom stereocenters. The zero-order valence-electron chi connectivity index (χ0n) is 18.6. The SMILES string of the molecule is CC#CC(=O)N1CC[C@@H](n2c(=O)n(-c3ccc(C(=O)Nc4nccs4)cc3)c3c(N)ncnc32)C1. The number of benzene rings is 1. The van der Waals surface area contributed by atoms with Gasteiger partial charge in [0.05, 0.1) is 11.7 Å². The van der Waals surface area contributed by atoms with Crippen LogP contribution in [-0.4, -0.2) is 53.9 Å². The number of hydrogen-bond donors (Lipinski definition) is 2. The van der Waals surface area contributed by atoms with Crippen LogP contribution in [0.2, 0.25) is 0 Å². The first kappa shape index (κ1) is 22.3. The van der Waals surface area contributed by atoms with Crippen molar-refractivity contribution in [2.45, 2.75) is 19.4 Å². The number of likely N-dealkylation sites (tertiary alicyclic amines) is 1. The number of thiazole rings is 1. The molecule has 0 unspecified atom stereocenters. The largest absolute Gasteiger partial charge is 0.382 e. The van der Waals surface area contributed by atoms with Crippen LogP contribution in [0.3, 0.4) is 0 Å². The van der Waals surface area contributed by atoms with Gasteiger partial charge in [-0.1, -0.05) is 5.92 Å². The van der Waals surface area contributed by atoms with Crippen LogP contribution in [0.25, 0.3) is 16.9 Å². The van der Waals surface area contributed by atoms with Crippen LogP contribution < -0.4 is 16.7 Å². The number of nitrogens with one attached hydrogen (secondary N) is 1. The second-order valence-corrected chi connectivity index (χ2v) is 8.72. The lowest BCUT2D eigenvalue weighted by Crippen LogP contribution is -2.31. The Morgan fingerprint density at radius 3 is 2.71 bits per heavy atom. The Hall–Kier alpha value is -4.50. The molecule has 0 spiro atoms. The predicted molar refractivity (Wildman–Crippen MR) is 131 cm³/mol. The van der Waals surface area contributed by atoms with Crippen LogP contribution in [0, 0.1) is 11.8 Å². The number of rotatable bonds is 4. The summed E-state index contributed by atoms with van der Waals surface area (Å²) in [6.45, 7) is 2.43. The summed E-state index contributed by atoms with van der Waals surface area (Å²) >= 11 is 1.32. The maximum atomic E-state index is 13.6. The van der Waals surface area contributed by atoms with Gasteiger partial charge in [-0.15, -0.1) is 11.3 Å². The molecule has 11 nitrogen and oxygen atoms in total. The monoisotopic (exact) mass is 488 g/mol. The van der Waals surface area contributed by atoms with Crippen molar-refractivity contribution in [1.29, 1.82) is 0 Å². The van der Waals surface area contributed by atoms with Crippen molar-refractivity contribution in [2.24, 2.45) is 0 Å². The van der Waals surface area contributed by atoms with Gasteiger partial charge in [0.25, 0.3) is 11.8 Å². The molecular formula is C23H20N8O3S. The van der Waals surface area contributed by atoms with E-state index in [0.717, 1.165) is 0 Å². The number of carbonyl (C=O) groups excluding carboxylic acids is 2. The molecule has 0 radical (unpaired) electrons. The van der Waals surface area contributed by atoms with E-state index in [2.05, 4.69) is 32.1 Å². The quantitative estimate of drug-likeness (QED) is 0.416. The summed E-state index contributed by atoms with van der Waals surface area (Å²) < 4.78 is 2.99. The molecule has 4 heterocycles. The van der Waals surface area contributed by atoms with Gasteiger partial charge in [0.1, 0.15) is 11.8 Å². The highest BCUT2D eigenvalue weighted by atomic mass is 32.1. The third kappa shape index (κ3) is 4.02. The topological polar surface area (TPSA) is 141 Å². The standard InChI is InChI=1S/C23H20N8O3S/c1-2-3-17(32)29-10-8-16(12-29)31-20-18(19(24)26-13-27-20)30(23(31)34)15-6-4-14(5-7-15)21(33)28-22-25-9-11-35-22/h4-7,9,11,13,16H,8,10,12H2,1H3,(H2,24,26,27)(H,25,28,33)/t16-/m1/s1. The van der Waals surface area contributed by atoms with Crippen molar-refractivity contribution in [3.63, 3.8) is 0 Å². The van der Waals surface area contributed by atoms with Crippen molar-refractivity contribution in [1.82, 2.24) is 29.0 Å². The minimum absolute atomic E-state index is 0.152. The maximum Gasteiger partial charge on any atom is 0.335 e. The van der Waals surface area contributed by atoms with Crippen LogP contribution in [0.1, 0.15) is 29.7 Å². The molecule has 4 aromatic rings. The summed E-state index contributed by atoms with van der Waals surface area (Å²) in [5.74, 6) is 4.73. The first-order valence-electron chi connectivity index (χ1n) is 10.7. The summed E-state index contributed by atoms with van der Waals surface area (Å²) in [7, 11) is 0. The number of anilines is 2. The van der Waals surface area contributed by atoms with E-state index in [0.29, 0.717) is 47.1 Å². The molecule has 0 aliphatic carbocycles. The minimum atomic E-state index is -0.354. The van der Waals surface area contributed by atoms with E-state index in [-0.39, 0.29) is 29.4 Å². The Balaban J connectivity index is 1.52. The minimum Gasteiger partial charge on any atom is -0.382 e. The summed E-state index contributed by atoms with van der Waals surface area (Å²) in [5, 5.41) is 4.99. The van der Waals surface area contributed by atoms with E-state index < -0.39 is 0 Å². The van der Waals surface area contributed by atoms with Crippen LogP contribution in [0.5, 0.6) is 0 Å². The molecule has 3 aromatic heterocycles. The number of carbonyl (C=O) groups is 2. The van der Waals surface area contributed by atoms with Gasteiger partial charge in [0, 0.05) is 30.2 Å². The molecule has 5 rings (SSSR count). The smallest absolute Gasteiger partial charge is 0.335 e. The van der Waals surface area contributed by atoms with Crippen LogP contribution in [0.15, 0.2) is 47.0 Å². The molecule has 1 aliphatic heterocycles. The van der Waals surface area contributed by atoms with Gasteiger partial charge in [-0.05, 0) is 43.5 Å². The fraction of sp³-hybridized carbons (Fsp3) is 0.217. The van der Waals surface area contributed by atoms with Gasteiger partial charge >= 0.3 is 5.69 Å². The lowest BCUT2D eigenvalue weighted by atomic mass is 10.2. The zero-order chi connectivity index (χ0) is 24.5. The van der Waals surface area contributed by atoms with Crippen LogP contribution in [-0.2, 0) is 4.79 Å². The van der Waals surface area contributed by atoms with E-state index in [1.807, 2.05) is 0 Å². The van der Waals surface area contributed by atoms with Crippen molar-refractivity contribution in [3.05, 3.63) is 58.2 Å². The van der Waals surface area contributed by atoms with E-state index in [4.69, 9.17) is 5.73 Å². The molecule has 1 aliphatic rings. The fourth-order valence-electron chi connectivity index (χ4n) is 4.18. The molecule has 1 saturated heterocycles. The Bertz CT molecular complexity index is 1540. The second kappa shape index (κ2) is 9.03. The summed E-state index contributed by atoms with van der Waals surface area (Å²) in [6, 6.07) is 6.28. The maximum absolute atomic E-state index is 13.6. The van der Waals surface area contributed by atoms with E-state index >= 15 is 0 Å². The van der Waals surface area contributed by atoms with Crippen molar-refractivity contribution in [3.8, 4) is 17.5 Å². The number of nitrogens with two attached hydrogens (primary N) is 1. The van der Waals surface area contributed by atoms with Gasteiger partial charge in [0.2, 0.25) is 0 Å². The molecule has 0 bridgehead atoms. The highest BCUT2D eigenvalue weighted by molar-refractivity contribution is 7.13. The summed E-state index contributed by atoms with van der Waals surface area (Å²) in [6.07, 6.45) is 3.50. The number of fused-ring (bicyclic) bond motifs is 1. The molecule has 35 heavy (non-hydrogen) atoms. The number of aromatic nitrogens is 5. The lowest BCUT2D eigenvalue weighted by Gasteiger charge is -2.14. The summed E-state index contributed by atoms with van der Waals surface area (Å²) in [5.41, 5.74) is 7.49. The Kier molecular flexibility index (Phi) is 5.76. The number of hydrogen-bond acceptors (Lipinski definition) is 8. The Labute approximate surface area is 203 Å². The highest BCUT2D eigenvalue weighted by Crippen LogP contribution is 2.27. The lowest BCUT2D eigenvalue weighted by molar-refractivity contribution is -0.124. The van der Waals surface area contributed by atoms with Gasteiger partial charge in [-0.25, -0.2) is 19.7 Å². The van der Waals surface area contributed by atoms with Crippen LogP contribution in [0.4, 0.5) is 10.9 Å². The van der Waals surface area contributed by atoms with Gasteiger partial charge in [-0.3, -0.25) is 24.0 Å². The molecule has 1 aromatic carbocycles. The third-order valence-electron chi connectivity index (χ3n) is 5.77. The molecule has 176 valence electrons. The average molecular weight is 489 g/mol. The van der Waals surface area contributed by atoms with Gasteiger partial charge in [0.15, 0.2) is 16.6 Å². The van der Waals surface area contributed by atoms with Crippen molar-refractivity contribution in [2.75, 3.05) is 24.1 Å². The first-order valence-corrected chi connectivity index (χ1v) is 11.6. The van der Waals surface area contributed by atoms with Crippen LogP contribution >= 0.6 is 11.3 Å².